The molecule has 0 aliphatic heterocycles. The third-order valence-corrected chi connectivity index (χ3v) is 2.46. The topological polar surface area (TPSA) is 9.23 Å². The van der Waals surface area contributed by atoms with E-state index in [4.69, 9.17) is 4.74 Å². The van der Waals surface area contributed by atoms with Crippen LogP contribution in [0.15, 0.2) is 53.8 Å². The molecule has 0 saturated carbocycles. The van der Waals surface area contributed by atoms with E-state index in [0.717, 1.165) is 17.9 Å². The van der Waals surface area contributed by atoms with Gasteiger partial charge in [0.15, 0.2) is 0 Å². The predicted octanol–water partition coefficient (Wildman–Crippen LogP) is 5.11. The average Bonchev–Trinajstić information content (AvgIpc) is 2.34. The Kier molecular flexibility index (Phi) is 6.16. The van der Waals surface area contributed by atoms with Crippen molar-refractivity contribution >= 4 is 0 Å². The van der Waals surface area contributed by atoms with Crippen LogP contribution >= 0.6 is 0 Å². The molecule has 1 aromatic carbocycles. The van der Waals surface area contributed by atoms with Crippen molar-refractivity contribution in [3.8, 4) is 5.75 Å². The number of ether oxygens (including phenoxy) is 1. The summed E-state index contributed by atoms with van der Waals surface area (Å²) in [5, 5.41) is 0. The van der Waals surface area contributed by atoms with Gasteiger partial charge < -0.3 is 4.74 Å². The largest absolute Gasteiger partial charge is 0.457 e. The van der Waals surface area contributed by atoms with E-state index in [1.54, 1.807) is 0 Å². The van der Waals surface area contributed by atoms with Crippen LogP contribution in [0.3, 0.4) is 0 Å². The van der Waals surface area contributed by atoms with Crippen LogP contribution in [0.1, 0.15) is 40.0 Å². The van der Waals surface area contributed by atoms with Crippen molar-refractivity contribution in [2.24, 2.45) is 0 Å². The van der Waals surface area contributed by atoms with Crippen LogP contribution in [0.5, 0.6) is 5.75 Å². The summed E-state index contributed by atoms with van der Waals surface area (Å²) >= 11 is 0. The molecule has 0 heterocycles. The van der Waals surface area contributed by atoms with Crippen LogP contribution in [-0.4, -0.2) is 0 Å². The number of hydrogen-bond donors (Lipinski definition) is 0. The van der Waals surface area contributed by atoms with Crippen molar-refractivity contribution in [2.75, 3.05) is 0 Å². The van der Waals surface area contributed by atoms with Crippen LogP contribution in [-0.2, 0) is 0 Å². The van der Waals surface area contributed by atoms with Crippen molar-refractivity contribution in [3.63, 3.8) is 0 Å². The van der Waals surface area contributed by atoms with Crippen LogP contribution in [0.2, 0.25) is 0 Å². The third kappa shape index (κ3) is 5.39. The first kappa shape index (κ1) is 13.6. The van der Waals surface area contributed by atoms with Crippen LogP contribution in [0.4, 0.5) is 0 Å². The zero-order valence-electron chi connectivity index (χ0n) is 11.1. The van der Waals surface area contributed by atoms with Gasteiger partial charge >= 0.3 is 0 Å². The fourth-order valence-corrected chi connectivity index (χ4v) is 1.43. The Bertz CT molecular complexity index is 370. The number of hydrogen-bond acceptors (Lipinski definition) is 1. The normalized spacial score (nSPS) is 10.5. The Morgan fingerprint density at radius 3 is 2.47 bits per heavy atom. The molecule has 0 bridgehead atoms. The number of allylic oxidation sites excluding steroid dienone is 3. The molecule has 17 heavy (non-hydrogen) atoms. The fraction of sp³-hybridized carbons (Fsp3) is 0.375. The van der Waals surface area contributed by atoms with Gasteiger partial charge in [-0.15, -0.1) is 0 Å². The van der Waals surface area contributed by atoms with E-state index in [-0.39, 0.29) is 0 Å². The molecule has 0 amide bonds. The lowest BCUT2D eigenvalue weighted by molar-refractivity contribution is 0.437. The summed E-state index contributed by atoms with van der Waals surface area (Å²) in [6.07, 6.45) is 7.85. The van der Waals surface area contributed by atoms with Crippen LogP contribution in [0, 0.1) is 0 Å². The Morgan fingerprint density at radius 1 is 1.18 bits per heavy atom. The van der Waals surface area contributed by atoms with E-state index in [1.165, 1.54) is 18.4 Å². The van der Waals surface area contributed by atoms with Gasteiger partial charge in [-0.25, -0.2) is 0 Å². The smallest absolute Gasteiger partial charge is 0.127 e. The molecule has 0 aliphatic rings. The molecule has 1 rings (SSSR count). The third-order valence-electron chi connectivity index (χ3n) is 2.46. The number of para-hydroxylation sites is 1. The molecule has 0 radical (unpaired) electrons. The Morgan fingerprint density at radius 2 is 1.88 bits per heavy atom. The molecule has 92 valence electrons. The minimum absolute atomic E-state index is 0.892. The van der Waals surface area contributed by atoms with Crippen molar-refractivity contribution < 1.29 is 4.74 Å². The lowest BCUT2D eigenvalue weighted by Gasteiger charge is -2.08. The molecule has 0 unspecified atom stereocenters. The number of benzene rings is 1. The summed E-state index contributed by atoms with van der Waals surface area (Å²) in [5.41, 5.74) is 1.20. The van der Waals surface area contributed by atoms with Crippen molar-refractivity contribution in [3.05, 3.63) is 53.8 Å². The van der Waals surface area contributed by atoms with E-state index in [1.807, 2.05) is 30.3 Å². The highest BCUT2D eigenvalue weighted by Gasteiger charge is 1.98. The Labute approximate surface area is 105 Å². The van der Waals surface area contributed by atoms with E-state index in [0.29, 0.717) is 0 Å². The SMILES string of the molecule is CCCCC=CC(Oc1ccccc1)=C(C)C. The van der Waals surface area contributed by atoms with Crippen LogP contribution < -0.4 is 4.74 Å². The van der Waals surface area contributed by atoms with Crippen molar-refractivity contribution in [1.82, 2.24) is 0 Å². The first-order valence-electron chi connectivity index (χ1n) is 6.31. The molecule has 0 atom stereocenters. The van der Waals surface area contributed by atoms with E-state index in [9.17, 15) is 0 Å². The summed E-state index contributed by atoms with van der Waals surface area (Å²) in [7, 11) is 0. The molecule has 1 heteroatoms. The molecule has 0 N–H and O–H groups in total. The molecule has 0 saturated heterocycles. The van der Waals surface area contributed by atoms with Gasteiger partial charge in [0.1, 0.15) is 11.5 Å². The molecule has 0 fully saturated rings. The van der Waals surface area contributed by atoms with Gasteiger partial charge in [-0.3, -0.25) is 0 Å². The van der Waals surface area contributed by atoms with Gasteiger partial charge in [-0.2, -0.15) is 0 Å². The van der Waals surface area contributed by atoms with Gasteiger partial charge in [0.25, 0.3) is 0 Å². The second kappa shape index (κ2) is 7.72. The number of rotatable bonds is 6. The van der Waals surface area contributed by atoms with E-state index < -0.39 is 0 Å². The first-order valence-corrected chi connectivity index (χ1v) is 6.31. The highest BCUT2D eigenvalue weighted by atomic mass is 16.5. The van der Waals surface area contributed by atoms with Crippen molar-refractivity contribution in [1.29, 1.82) is 0 Å². The number of unbranched alkanes of at least 4 members (excludes halogenated alkanes) is 2. The van der Waals surface area contributed by atoms with Gasteiger partial charge in [0, 0.05) is 0 Å². The lowest BCUT2D eigenvalue weighted by Crippen LogP contribution is -1.94. The lowest BCUT2D eigenvalue weighted by atomic mass is 10.2. The maximum atomic E-state index is 5.85. The molecule has 0 aromatic heterocycles. The maximum absolute atomic E-state index is 5.85. The second-order valence-electron chi connectivity index (χ2n) is 4.32. The van der Waals surface area contributed by atoms with Crippen molar-refractivity contribution in [2.45, 2.75) is 40.0 Å². The quantitative estimate of drug-likeness (QED) is 0.375. The molecule has 0 aliphatic carbocycles. The molecule has 1 nitrogen and oxygen atoms in total. The zero-order valence-corrected chi connectivity index (χ0v) is 11.1. The molecule has 0 spiro atoms. The van der Waals surface area contributed by atoms with E-state index >= 15 is 0 Å². The minimum Gasteiger partial charge on any atom is -0.457 e. The summed E-state index contributed by atoms with van der Waals surface area (Å²) in [6.45, 7) is 6.35. The zero-order chi connectivity index (χ0) is 12.5. The van der Waals surface area contributed by atoms with Gasteiger partial charge in [-0.05, 0) is 44.1 Å². The minimum atomic E-state index is 0.892. The fourth-order valence-electron chi connectivity index (χ4n) is 1.43. The first-order chi connectivity index (χ1) is 8.24. The highest BCUT2D eigenvalue weighted by Crippen LogP contribution is 2.16. The summed E-state index contributed by atoms with van der Waals surface area (Å²) in [5.74, 6) is 1.84. The standard InChI is InChI=1S/C16H22O/c1-4-5-6-10-13-16(14(2)3)17-15-11-8-7-9-12-15/h7-13H,4-6H2,1-3H3. The molecular formula is C16H22O. The van der Waals surface area contributed by atoms with Gasteiger partial charge in [0.2, 0.25) is 0 Å². The van der Waals surface area contributed by atoms with E-state index in [2.05, 4.69) is 32.9 Å². The summed E-state index contributed by atoms with van der Waals surface area (Å²) in [4.78, 5) is 0. The van der Waals surface area contributed by atoms with Gasteiger partial charge in [0.05, 0.1) is 0 Å². The summed E-state index contributed by atoms with van der Waals surface area (Å²) < 4.78 is 5.85. The molecule has 1 aromatic rings. The van der Waals surface area contributed by atoms with Crippen LogP contribution in [0.25, 0.3) is 0 Å². The monoisotopic (exact) mass is 230 g/mol. The predicted molar refractivity (Wildman–Crippen MR) is 74.1 cm³/mol. The Balaban J connectivity index is 2.63. The van der Waals surface area contributed by atoms with Gasteiger partial charge in [-0.1, -0.05) is 44.0 Å². The Hall–Kier alpha value is -1.50. The summed E-state index contributed by atoms with van der Waals surface area (Å²) in [6, 6.07) is 9.91. The molecular weight excluding hydrogens is 208 g/mol. The second-order valence-corrected chi connectivity index (χ2v) is 4.32. The average molecular weight is 230 g/mol. The maximum Gasteiger partial charge on any atom is 0.127 e. The highest BCUT2D eigenvalue weighted by molar-refractivity contribution is 5.28.